The molecule has 1 amide bonds. The van der Waals surface area contributed by atoms with Crippen molar-refractivity contribution in [2.75, 3.05) is 13.1 Å². The molecule has 0 bridgehead atoms. The first-order chi connectivity index (χ1) is 11.7. The number of carbonyl (C=O) groups is 1. The molecule has 0 radical (unpaired) electrons. The van der Waals surface area contributed by atoms with E-state index in [-0.39, 0.29) is 5.91 Å². The number of aromatic nitrogens is 2. The predicted molar refractivity (Wildman–Crippen MR) is 94.0 cm³/mol. The van der Waals surface area contributed by atoms with Gasteiger partial charge >= 0.3 is 0 Å². The van der Waals surface area contributed by atoms with Crippen LogP contribution in [0.1, 0.15) is 47.8 Å². The summed E-state index contributed by atoms with van der Waals surface area (Å²) in [6, 6.07) is 6.98. The lowest BCUT2D eigenvalue weighted by atomic mass is 10.0. The van der Waals surface area contributed by atoms with Crippen molar-refractivity contribution in [2.24, 2.45) is 0 Å². The fourth-order valence-electron chi connectivity index (χ4n) is 4.20. The Bertz CT molecular complexity index is 749. The van der Waals surface area contributed by atoms with Gasteiger partial charge in [-0.1, -0.05) is 18.2 Å². The van der Waals surface area contributed by atoms with Gasteiger partial charge in [-0.2, -0.15) is 0 Å². The average Bonchev–Trinajstić information content (AvgIpc) is 3.23. The topological polar surface area (TPSA) is 38.1 Å². The number of hydrogen-bond donors (Lipinski definition) is 0. The lowest BCUT2D eigenvalue weighted by Crippen LogP contribution is -2.41. The summed E-state index contributed by atoms with van der Waals surface area (Å²) in [5, 5.41) is 0. The molecule has 24 heavy (non-hydrogen) atoms. The molecule has 2 heterocycles. The van der Waals surface area contributed by atoms with E-state index in [1.807, 2.05) is 24.2 Å². The SMILES string of the molecule is Cc1nccn1[C@@H]1CCCN(C(=O)Cc2ccc3c(c2)CCC3)C1. The number of likely N-dealkylation sites (tertiary alicyclic amines) is 1. The number of aryl methyl sites for hydroxylation is 3. The van der Waals surface area contributed by atoms with Crippen LogP contribution in [0.2, 0.25) is 0 Å². The van der Waals surface area contributed by atoms with Crippen LogP contribution in [-0.4, -0.2) is 33.4 Å². The van der Waals surface area contributed by atoms with E-state index in [1.54, 1.807) is 0 Å². The van der Waals surface area contributed by atoms with Gasteiger partial charge in [-0.25, -0.2) is 4.98 Å². The molecule has 4 nitrogen and oxygen atoms in total. The van der Waals surface area contributed by atoms with E-state index in [0.717, 1.165) is 31.8 Å². The minimum Gasteiger partial charge on any atom is -0.340 e. The highest BCUT2D eigenvalue weighted by Gasteiger charge is 2.25. The zero-order chi connectivity index (χ0) is 16.5. The van der Waals surface area contributed by atoms with Gasteiger partial charge in [0.05, 0.1) is 12.5 Å². The highest BCUT2D eigenvalue weighted by molar-refractivity contribution is 5.79. The van der Waals surface area contributed by atoms with Crippen LogP contribution in [0.15, 0.2) is 30.6 Å². The third kappa shape index (κ3) is 2.97. The Hall–Kier alpha value is -2.10. The van der Waals surface area contributed by atoms with Crippen molar-refractivity contribution < 1.29 is 4.79 Å². The van der Waals surface area contributed by atoms with Crippen LogP contribution in [0.4, 0.5) is 0 Å². The summed E-state index contributed by atoms with van der Waals surface area (Å²) in [5.74, 6) is 1.29. The van der Waals surface area contributed by atoms with Gasteiger partial charge < -0.3 is 9.47 Å². The minimum atomic E-state index is 0.260. The Morgan fingerprint density at radius 2 is 2.12 bits per heavy atom. The van der Waals surface area contributed by atoms with E-state index in [9.17, 15) is 4.79 Å². The van der Waals surface area contributed by atoms with Gasteiger partial charge in [-0.15, -0.1) is 0 Å². The summed E-state index contributed by atoms with van der Waals surface area (Å²) in [5.41, 5.74) is 4.09. The molecule has 0 saturated carbocycles. The quantitative estimate of drug-likeness (QED) is 0.870. The molecule has 1 aliphatic heterocycles. The Balaban J connectivity index is 1.43. The fraction of sp³-hybridized carbons (Fsp3) is 0.500. The maximum absolute atomic E-state index is 12.8. The molecule has 1 saturated heterocycles. The second kappa shape index (κ2) is 6.42. The number of piperidine rings is 1. The lowest BCUT2D eigenvalue weighted by molar-refractivity contribution is -0.132. The van der Waals surface area contributed by atoms with Gasteiger partial charge in [0, 0.05) is 25.5 Å². The second-order valence-corrected chi connectivity index (χ2v) is 7.15. The number of amides is 1. The summed E-state index contributed by atoms with van der Waals surface area (Å²) >= 11 is 0. The van der Waals surface area contributed by atoms with Crippen molar-refractivity contribution >= 4 is 5.91 Å². The van der Waals surface area contributed by atoms with Crippen molar-refractivity contribution in [3.05, 3.63) is 53.1 Å². The van der Waals surface area contributed by atoms with Crippen molar-refractivity contribution in [1.82, 2.24) is 14.5 Å². The second-order valence-electron chi connectivity index (χ2n) is 7.15. The molecule has 2 aliphatic rings. The van der Waals surface area contributed by atoms with E-state index in [2.05, 4.69) is 27.8 Å². The van der Waals surface area contributed by atoms with Gasteiger partial charge in [-0.3, -0.25) is 4.79 Å². The number of benzene rings is 1. The largest absolute Gasteiger partial charge is 0.340 e. The molecule has 1 aromatic heterocycles. The van der Waals surface area contributed by atoms with E-state index in [4.69, 9.17) is 0 Å². The Labute approximate surface area is 143 Å². The maximum Gasteiger partial charge on any atom is 0.227 e. The molecule has 0 N–H and O–H groups in total. The first kappa shape index (κ1) is 15.4. The molecule has 4 rings (SSSR count). The van der Waals surface area contributed by atoms with Crippen LogP contribution in [-0.2, 0) is 24.1 Å². The first-order valence-electron chi connectivity index (χ1n) is 9.08. The zero-order valence-electron chi connectivity index (χ0n) is 14.4. The van der Waals surface area contributed by atoms with Gasteiger partial charge in [0.15, 0.2) is 0 Å². The molecule has 1 atom stereocenters. The lowest BCUT2D eigenvalue weighted by Gasteiger charge is -2.34. The van der Waals surface area contributed by atoms with Crippen LogP contribution in [0.25, 0.3) is 0 Å². The molecular formula is C20H25N3O. The van der Waals surface area contributed by atoms with Crippen molar-refractivity contribution in [2.45, 2.75) is 51.5 Å². The van der Waals surface area contributed by atoms with Crippen molar-refractivity contribution in [3.63, 3.8) is 0 Å². The maximum atomic E-state index is 12.8. The van der Waals surface area contributed by atoms with E-state index < -0.39 is 0 Å². The zero-order valence-corrected chi connectivity index (χ0v) is 14.4. The molecular weight excluding hydrogens is 298 g/mol. The normalized spacial score (nSPS) is 20.2. The Morgan fingerprint density at radius 3 is 2.96 bits per heavy atom. The molecule has 126 valence electrons. The molecule has 1 aromatic carbocycles. The Kier molecular flexibility index (Phi) is 4.13. The van der Waals surface area contributed by atoms with E-state index >= 15 is 0 Å². The minimum absolute atomic E-state index is 0.260. The van der Waals surface area contributed by atoms with E-state index in [0.29, 0.717) is 12.5 Å². The summed E-state index contributed by atoms with van der Waals surface area (Å²) < 4.78 is 2.22. The number of nitrogens with zero attached hydrogens (tertiary/aromatic N) is 3. The molecule has 1 aliphatic carbocycles. The van der Waals surface area contributed by atoms with Crippen LogP contribution >= 0.6 is 0 Å². The fourth-order valence-corrected chi connectivity index (χ4v) is 4.20. The summed E-state index contributed by atoms with van der Waals surface area (Å²) in [4.78, 5) is 19.1. The summed E-state index contributed by atoms with van der Waals surface area (Å²) in [6.07, 6.45) is 10.2. The number of hydrogen-bond acceptors (Lipinski definition) is 2. The van der Waals surface area contributed by atoms with Crippen LogP contribution in [0.5, 0.6) is 0 Å². The molecule has 0 spiro atoms. The third-order valence-electron chi connectivity index (χ3n) is 5.52. The van der Waals surface area contributed by atoms with Crippen LogP contribution in [0.3, 0.4) is 0 Å². The third-order valence-corrected chi connectivity index (χ3v) is 5.52. The van der Waals surface area contributed by atoms with E-state index in [1.165, 1.54) is 36.0 Å². The summed E-state index contributed by atoms with van der Waals surface area (Å²) in [7, 11) is 0. The molecule has 4 heteroatoms. The van der Waals surface area contributed by atoms with Crippen molar-refractivity contribution in [1.29, 1.82) is 0 Å². The van der Waals surface area contributed by atoms with Crippen molar-refractivity contribution in [3.8, 4) is 0 Å². The monoisotopic (exact) mass is 323 g/mol. The first-order valence-corrected chi connectivity index (χ1v) is 9.08. The molecule has 2 aromatic rings. The standard InChI is InChI=1S/C20H25N3O/c1-15-21-9-11-23(15)19-6-3-10-22(14-19)20(24)13-16-7-8-17-4-2-5-18(17)12-16/h7-9,11-12,19H,2-6,10,13-14H2,1H3/t19-/m1/s1. The smallest absolute Gasteiger partial charge is 0.227 e. The predicted octanol–water partition coefficient (Wildman–Crippen LogP) is 3.09. The number of rotatable bonds is 3. The number of fused-ring (bicyclic) bond motifs is 1. The highest BCUT2D eigenvalue weighted by atomic mass is 16.2. The average molecular weight is 323 g/mol. The molecule has 0 unspecified atom stereocenters. The molecule has 1 fully saturated rings. The Morgan fingerprint density at radius 1 is 1.25 bits per heavy atom. The van der Waals surface area contributed by atoms with Gasteiger partial charge in [0.1, 0.15) is 5.82 Å². The highest BCUT2D eigenvalue weighted by Crippen LogP contribution is 2.25. The number of imidazole rings is 1. The van der Waals surface area contributed by atoms with Crippen LogP contribution < -0.4 is 0 Å². The van der Waals surface area contributed by atoms with Gasteiger partial charge in [0.25, 0.3) is 0 Å². The number of carbonyl (C=O) groups excluding carboxylic acids is 1. The summed E-state index contributed by atoms with van der Waals surface area (Å²) in [6.45, 7) is 3.72. The van der Waals surface area contributed by atoms with Gasteiger partial charge in [0.2, 0.25) is 5.91 Å². The van der Waals surface area contributed by atoms with Crippen LogP contribution in [0, 0.1) is 6.92 Å². The van der Waals surface area contributed by atoms with Gasteiger partial charge in [-0.05, 0) is 55.7 Å².